The monoisotopic (exact) mass is 551 g/mol. The molecule has 3 heteroatoms. The van der Waals surface area contributed by atoms with Crippen LogP contribution >= 0.6 is 0 Å². The third-order valence-electron chi connectivity index (χ3n) is 8.42. The van der Waals surface area contributed by atoms with Crippen molar-refractivity contribution in [3.8, 4) is 45.3 Å². The number of hydrogen-bond acceptors (Lipinski definition) is 3. The van der Waals surface area contributed by atoms with E-state index in [4.69, 9.17) is 15.0 Å². The van der Waals surface area contributed by atoms with E-state index in [1.54, 1.807) is 0 Å². The van der Waals surface area contributed by atoms with E-state index in [1.807, 2.05) is 0 Å². The van der Waals surface area contributed by atoms with E-state index in [1.165, 1.54) is 33.0 Å². The number of allylic oxidation sites excluding steroid dienone is 1. The van der Waals surface area contributed by atoms with Crippen molar-refractivity contribution in [2.45, 2.75) is 13.3 Å². The molecule has 3 nitrogen and oxygen atoms in total. The summed E-state index contributed by atoms with van der Waals surface area (Å²) in [6, 6.07) is 44.9. The van der Waals surface area contributed by atoms with E-state index < -0.39 is 0 Å². The van der Waals surface area contributed by atoms with Crippen LogP contribution in [0.5, 0.6) is 0 Å². The summed E-state index contributed by atoms with van der Waals surface area (Å²) in [4.78, 5) is 15.0. The summed E-state index contributed by atoms with van der Waals surface area (Å²) < 4.78 is 0. The number of fused-ring (bicyclic) bond motifs is 3. The highest BCUT2D eigenvalue weighted by Gasteiger charge is 2.15. The maximum atomic E-state index is 5.00. The third-order valence-corrected chi connectivity index (χ3v) is 8.42. The molecular weight excluding hydrogens is 522 g/mol. The minimum Gasteiger partial charge on any atom is -0.208 e. The molecule has 43 heavy (non-hydrogen) atoms. The molecule has 7 aromatic rings. The van der Waals surface area contributed by atoms with Gasteiger partial charge in [0.1, 0.15) is 0 Å². The van der Waals surface area contributed by atoms with Crippen molar-refractivity contribution in [1.82, 2.24) is 15.0 Å². The first-order chi connectivity index (χ1) is 21.2. The lowest BCUT2D eigenvalue weighted by Crippen LogP contribution is -2.03. The van der Waals surface area contributed by atoms with Crippen molar-refractivity contribution in [1.29, 1.82) is 0 Å². The Morgan fingerprint density at radius 3 is 1.56 bits per heavy atom. The second kappa shape index (κ2) is 10.5. The summed E-state index contributed by atoms with van der Waals surface area (Å²) in [6.07, 6.45) is 5.66. The first kappa shape index (κ1) is 25.3. The Bertz CT molecular complexity index is 2080. The summed E-state index contributed by atoms with van der Waals surface area (Å²) >= 11 is 0. The second-order valence-corrected chi connectivity index (χ2v) is 11.5. The summed E-state index contributed by atoms with van der Waals surface area (Å²) in [7, 11) is 0. The summed E-state index contributed by atoms with van der Waals surface area (Å²) in [5.41, 5.74) is 8.03. The Labute approximate surface area is 251 Å². The Morgan fingerprint density at radius 2 is 0.953 bits per heavy atom. The molecule has 0 saturated carbocycles. The van der Waals surface area contributed by atoms with Crippen molar-refractivity contribution in [3.63, 3.8) is 0 Å². The van der Waals surface area contributed by atoms with Crippen molar-refractivity contribution in [3.05, 3.63) is 145 Å². The van der Waals surface area contributed by atoms with Gasteiger partial charge in [-0.2, -0.15) is 0 Å². The topological polar surface area (TPSA) is 38.7 Å². The van der Waals surface area contributed by atoms with Gasteiger partial charge in [0.15, 0.2) is 17.5 Å². The lowest BCUT2D eigenvalue weighted by molar-refractivity contribution is 0.717. The molecule has 0 saturated heterocycles. The zero-order valence-electron chi connectivity index (χ0n) is 23.9. The zero-order chi connectivity index (χ0) is 28.8. The maximum absolute atomic E-state index is 5.00. The van der Waals surface area contributed by atoms with Crippen molar-refractivity contribution in [2.75, 3.05) is 0 Å². The summed E-state index contributed by atoms with van der Waals surface area (Å²) in [5.74, 6) is 2.59. The third kappa shape index (κ3) is 4.89. The van der Waals surface area contributed by atoms with Crippen LogP contribution in [0.4, 0.5) is 0 Å². The fourth-order valence-electron chi connectivity index (χ4n) is 6.03. The fourth-order valence-corrected chi connectivity index (χ4v) is 6.03. The molecule has 1 unspecified atom stereocenters. The van der Waals surface area contributed by atoms with Crippen LogP contribution in [0, 0.1) is 5.92 Å². The molecule has 1 aromatic heterocycles. The Kier molecular flexibility index (Phi) is 6.15. The van der Waals surface area contributed by atoms with E-state index in [0.29, 0.717) is 23.4 Å². The van der Waals surface area contributed by atoms with E-state index >= 15 is 0 Å². The minimum atomic E-state index is 0.594. The molecule has 0 amide bonds. The van der Waals surface area contributed by atoms with Crippen LogP contribution in [0.25, 0.3) is 72.9 Å². The largest absolute Gasteiger partial charge is 0.208 e. The molecule has 1 atom stereocenters. The van der Waals surface area contributed by atoms with Gasteiger partial charge in [-0.1, -0.05) is 128 Å². The van der Waals surface area contributed by atoms with E-state index in [2.05, 4.69) is 146 Å². The molecule has 1 aliphatic carbocycles. The molecule has 1 heterocycles. The summed E-state index contributed by atoms with van der Waals surface area (Å²) in [6.45, 7) is 2.27. The number of benzene rings is 6. The van der Waals surface area contributed by atoms with Crippen LogP contribution in [0.3, 0.4) is 0 Å². The van der Waals surface area contributed by atoms with Gasteiger partial charge in [-0.25, -0.2) is 15.0 Å². The van der Waals surface area contributed by atoms with Crippen molar-refractivity contribution < 1.29 is 0 Å². The first-order valence-corrected chi connectivity index (χ1v) is 14.8. The number of rotatable bonds is 4. The highest BCUT2D eigenvalue weighted by Crippen LogP contribution is 2.31. The molecule has 1 aliphatic rings. The SMILES string of the molecule is CC1C=Cc2cc(-c3ccc(-c4nc(-c5ccc6ccccc6c5)nc(-c5ccc6ccccc6c5)n4)cc3)ccc2C1. The molecule has 0 radical (unpaired) electrons. The van der Waals surface area contributed by atoms with Crippen molar-refractivity contribution >= 4 is 27.6 Å². The van der Waals surface area contributed by atoms with E-state index in [9.17, 15) is 0 Å². The smallest absolute Gasteiger partial charge is 0.164 e. The molecule has 8 rings (SSSR count). The van der Waals surface area contributed by atoms with Gasteiger partial charge in [0.25, 0.3) is 0 Å². The molecule has 0 aliphatic heterocycles. The highest BCUT2D eigenvalue weighted by atomic mass is 15.0. The minimum absolute atomic E-state index is 0.594. The van der Waals surface area contributed by atoms with Crippen LogP contribution in [-0.2, 0) is 6.42 Å². The van der Waals surface area contributed by atoms with Crippen LogP contribution in [0.15, 0.2) is 133 Å². The molecule has 0 N–H and O–H groups in total. The molecular formula is C40H29N3. The van der Waals surface area contributed by atoms with Gasteiger partial charge in [-0.3, -0.25) is 0 Å². The number of aromatic nitrogens is 3. The lowest BCUT2D eigenvalue weighted by Gasteiger charge is -2.16. The van der Waals surface area contributed by atoms with Gasteiger partial charge in [-0.15, -0.1) is 0 Å². The Balaban J connectivity index is 1.22. The normalized spacial score (nSPS) is 14.2. The number of hydrogen-bond donors (Lipinski definition) is 0. The predicted octanol–water partition coefficient (Wildman–Crippen LogP) is 10.1. The fraction of sp³-hybridized carbons (Fsp3) is 0.0750. The summed E-state index contributed by atoms with van der Waals surface area (Å²) in [5, 5.41) is 4.71. The van der Waals surface area contributed by atoms with Gasteiger partial charge in [0.05, 0.1) is 0 Å². The molecule has 0 bridgehead atoms. The van der Waals surface area contributed by atoms with Crippen LogP contribution < -0.4 is 0 Å². The average molecular weight is 552 g/mol. The first-order valence-electron chi connectivity index (χ1n) is 14.8. The Hall–Kier alpha value is -5.41. The second-order valence-electron chi connectivity index (χ2n) is 11.5. The zero-order valence-corrected chi connectivity index (χ0v) is 23.9. The Morgan fingerprint density at radius 1 is 0.465 bits per heavy atom. The maximum Gasteiger partial charge on any atom is 0.164 e. The molecule has 6 aromatic carbocycles. The van der Waals surface area contributed by atoms with E-state index in [0.717, 1.165) is 33.9 Å². The predicted molar refractivity (Wildman–Crippen MR) is 178 cm³/mol. The van der Waals surface area contributed by atoms with Crippen LogP contribution in [-0.4, -0.2) is 15.0 Å². The van der Waals surface area contributed by atoms with Gasteiger partial charge < -0.3 is 0 Å². The quantitative estimate of drug-likeness (QED) is 0.218. The van der Waals surface area contributed by atoms with Gasteiger partial charge in [-0.05, 0) is 74.3 Å². The van der Waals surface area contributed by atoms with Crippen LogP contribution in [0.1, 0.15) is 18.1 Å². The number of nitrogens with zero attached hydrogens (tertiary/aromatic N) is 3. The van der Waals surface area contributed by atoms with Crippen molar-refractivity contribution in [2.24, 2.45) is 5.92 Å². The van der Waals surface area contributed by atoms with Gasteiger partial charge >= 0.3 is 0 Å². The standard InChI is InChI=1S/C40H29N3/c1-26-10-11-35-23-34(19-18-33(35)22-26)29-12-16-30(17-13-29)38-41-39(36-20-14-27-6-2-4-8-31(27)24-36)43-40(42-38)37-21-15-28-7-3-5-9-32(28)25-37/h2-21,23-26H,22H2,1H3. The van der Waals surface area contributed by atoms with E-state index in [-0.39, 0.29) is 0 Å². The van der Waals surface area contributed by atoms with Crippen LogP contribution in [0.2, 0.25) is 0 Å². The molecule has 204 valence electrons. The average Bonchev–Trinajstić information content (AvgIpc) is 3.07. The molecule has 0 fully saturated rings. The lowest BCUT2D eigenvalue weighted by atomic mass is 9.88. The highest BCUT2D eigenvalue weighted by molar-refractivity contribution is 5.88. The van der Waals surface area contributed by atoms with Gasteiger partial charge in [0.2, 0.25) is 0 Å². The molecule has 0 spiro atoms. The van der Waals surface area contributed by atoms with Gasteiger partial charge in [0, 0.05) is 16.7 Å².